The second-order valence-corrected chi connectivity index (χ2v) is 4.19. The summed E-state index contributed by atoms with van der Waals surface area (Å²) >= 11 is 0. The van der Waals surface area contributed by atoms with Gasteiger partial charge in [0.1, 0.15) is 5.82 Å². The van der Waals surface area contributed by atoms with E-state index in [1.54, 1.807) is 6.92 Å². The smallest absolute Gasteiger partial charge is 0.303 e. The van der Waals surface area contributed by atoms with E-state index in [0.717, 1.165) is 18.7 Å². The summed E-state index contributed by atoms with van der Waals surface area (Å²) in [7, 11) is 0. The van der Waals surface area contributed by atoms with E-state index in [9.17, 15) is 9.59 Å². The lowest BCUT2D eigenvalue weighted by molar-refractivity contribution is -0.136. The second-order valence-electron chi connectivity index (χ2n) is 4.19. The Kier molecular flexibility index (Phi) is 2.77. The Morgan fingerprint density at radius 3 is 2.81 bits per heavy atom. The van der Waals surface area contributed by atoms with Crippen LogP contribution >= 0.6 is 0 Å². The third-order valence-corrected chi connectivity index (χ3v) is 2.81. The molecule has 0 atom stereocenters. The van der Waals surface area contributed by atoms with Crippen LogP contribution in [0.4, 0.5) is 0 Å². The van der Waals surface area contributed by atoms with Crippen LogP contribution in [0.25, 0.3) is 0 Å². The van der Waals surface area contributed by atoms with Crippen molar-refractivity contribution in [3.8, 4) is 0 Å². The summed E-state index contributed by atoms with van der Waals surface area (Å²) in [6, 6.07) is 0. The van der Waals surface area contributed by atoms with Gasteiger partial charge in [-0.2, -0.15) is 0 Å². The first-order valence-electron chi connectivity index (χ1n) is 5.39. The lowest BCUT2D eigenvalue weighted by atomic mass is 10.1. The first-order valence-corrected chi connectivity index (χ1v) is 5.39. The van der Waals surface area contributed by atoms with Crippen molar-refractivity contribution in [3.05, 3.63) is 27.4 Å². The minimum absolute atomic E-state index is 0.0153. The van der Waals surface area contributed by atoms with Gasteiger partial charge in [0.05, 0.1) is 12.1 Å². The molecule has 5 nitrogen and oxygen atoms in total. The largest absolute Gasteiger partial charge is 0.481 e. The normalized spacial score (nSPS) is 15.1. The highest BCUT2D eigenvalue weighted by atomic mass is 16.4. The van der Waals surface area contributed by atoms with Crippen LogP contribution in [0, 0.1) is 6.92 Å². The standard InChI is InChI=1S/C11H14N2O3/c1-6-8(4-5-9(14)15)12-10(7-2-3-7)13-11(6)16/h7H,2-5H2,1H3,(H,14,15)(H,12,13,16). The van der Waals surface area contributed by atoms with Gasteiger partial charge in [-0.1, -0.05) is 0 Å². The van der Waals surface area contributed by atoms with E-state index in [-0.39, 0.29) is 12.0 Å². The Morgan fingerprint density at radius 2 is 2.25 bits per heavy atom. The topological polar surface area (TPSA) is 83.0 Å². The number of nitrogens with zero attached hydrogens (tertiary/aromatic N) is 1. The predicted molar refractivity (Wildman–Crippen MR) is 57.5 cm³/mol. The van der Waals surface area contributed by atoms with Crippen LogP contribution in [0.5, 0.6) is 0 Å². The number of H-pyrrole nitrogens is 1. The van der Waals surface area contributed by atoms with Crippen LogP contribution in [0.2, 0.25) is 0 Å². The van der Waals surface area contributed by atoms with Crippen LogP contribution in [-0.4, -0.2) is 21.0 Å². The molecule has 0 radical (unpaired) electrons. The monoisotopic (exact) mass is 222 g/mol. The number of aromatic amines is 1. The van der Waals surface area contributed by atoms with Crippen molar-refractivity contribution in [1.29, 1.82) is 0 Å². The van der Waals surface area contributed by atoms with Crippen molar-refractivity contribution in [2.75, 3.05) is 0 Å². The molecule has 1 aliphatic rings. The van der Waals surface area contributed by atoms with Gasteiger partial charge in [-0.3, -0.25) is 9.59 Å². The highest BCUT2D eigenvalue weighted by Crippen LogP contribution is 2.37. The molecule has 16 heavy (non-hydrogen) atoms. The Balaban J connectivity index is 2.27. The van der Waals surface area contributed by atoms with Crippen molar-refractivity contribution in [2.24, 2.45) is 0 Å². The highest BCUT2D eigenvalue weighted by molar-refractivity contribution is 5.67. The number of aryl methyl sites for hydroxylation is 1. The minimum Gasteiger partial charge on any atom is -0.481 e. The van der Waals surface area contributed by atoms with Gasteiger partial charge in [0.25, 0.3) is 5.56 Å². The maximum Gasteiger partial charge on any atom is 0.303 e. The molecule has 5 heteroatoms. The zero-order chi connectivity index (χ0) is 11.7. The van der Waals surface area contributed by atoms with Gasteiger partial charge in [-0.05, 0) is 19.8 Å². The maximum absolute atomic E-state index is 11.6. The molecule has 2 N–H and O–H groups in total. The van der Waals surface area contributed by atoms with E-state index < -0.39 is 5.97 Å². The fraction of sp³-hybridized carbons (Fsp3) is 0.545. The van der Waals surface area contributed by atoms with Crippen LogP contribution in [-0.2, 0) is 11.2 Å². The molecule has 1 heterocycles. The quantitative estimate of drug-likeness (QED) is 0.795. The number of carboxylic acids is 1. The van der Waals surface area contributed by atoms with Gasteiger partial charge in [-0.15, -0.1) is 0 Å². The first kappa shape index (κ1) is 10.9. The number of aliphatic carboxylic acids is 1. The van der Waals surface area contributed by atoms with Gasteiger partial charge in [0.15, 0.2) is 0 Å². The molecule has 0 unspecified atom stereocenters. The Bertz CT molecular complexity index is 475. The van der Waals surface area contributed by atoms with Gasteiger partial charge in [0.2, 0.25) is 0 Å². The molecule has 0 aromatic carbocycles. The van der Waals surface area contributed by atoms with Crippen molar-refractivity contribution in [2.45, 2.75) is 38.5 Å². The zero-order valence-electron chi connectivity index (χ0n) is 9.12. The van der Waals surface area contributed by atoms with Crippen LogP contribution in [0.15, 0.2) is 4.79 Å². The fourth-order valence-electron chi connectivity index (χ4n) is 1.62. The Labute approximate surface area is 92.5 Å². The van der Waals surface area contributed by atoms with E-state index in [0.29, 0.717) is 23.6 Å². The molecule has 0 amide bonds. The number of nitrogens with one attached hydrogen (secondary N) is 1. The minimum atomic E-state index is -0.866. The molecule has 0 saturated heterocycles. The van der Waals surface area contributed by atoms with Crippen LogP contribution in [0.1, 0.15) is 42.3 Å². The molecule has 0 aliphatic heterocycles. The highest BCUT2D eigenvalue weighted by Gasteiger charge is 2.27. The van der Waals surface area contributed by atoms with Gasteiger partial charge in [0, 0.05) is 17.9 Å². The third-order valence-electron chi connectivity index (χ3n) is 2.81. The molecule has 1 fully saturated rings. The zero-order valence-corrected chi connectivity index (χ0v) is 9.12. The second kappa shape index (κ2) is 4.08. The van der Waals surface area contributed by atoms with Crippen LogP contribution in [0.3, 0.4) is 0 Å². The molecule has 2 rings (SSSR count). The summed E-state index contributed by atoms with van der Waals surface area (Å²) in [6.45, 7) is 1.68. The Morgan fingerprint density at radius 1 is 1.56 bits per heavy atom. The lowest BCUT2D eigenvalue weighted by Crippen LogP contribution is -2.18. The van der Waals surface area contributed by atoms with Gasteiger partial charge >= 0.3 is 5.97 Å². The molecule has 1 aromatic rings. The molecule has 86 valence electrons. The van der Waals surface area contributed by atoms with Crippen molar-refractivity contribution in [1.82, 2.24) is 9.97 Å². The number of hydrogen-bond acceptors (Lipinski definition) is 3. The lowest BCUT2D eigenvalue weighted by Gasteiger charge is -2.05. The number of hydrogen-bond donors (Lipinski definition) is 2. The average molecular weight is 222 g/mol. The van der Waals surface area contributed by atoms with E-state index in [4.69, 9.17) is 5.11 Å². The van der Waals surface area contributed by atoms with E-state index >= 15 is 0 Å². The molecule has 1 aromatic heterocycles. The summed E-state index contributed by atoms with van der Waals surface area (Å²) in [6.07, 6.45) is 2.46. The summed E-state index contributed by atoms with van der Waals surface area (Å²) in [5, 5.41) is 8.61. The van der Waals surface area contributed by atoms with Gasteiger partial charge in [-0.25, -0.2) is 4.98 Å². The summed E-state index contributed by atoms with van der Waals surface area (Å²) in [5.41, 5.74) is 1.01. The number of rotatable bonds is 4. The SMILES string of the molecule is Cc1c(CCC(=O)O)nc(C2CC2)[nH]c1=O. The van der Waals surface area contributed by atoms with E-state index in [1.165, 1.54) is 0 Å². The van der Waals surface area contributed by atoms with Crippen molar-refractivity contribution < 1.29 is 9.90 Å². The van der Waals surface area contributed by atoms with Crippen molar-refractivity contribution in [3.63, 3.8) is 0 Å². The fourth-order valence-corrected chi connectivity index (χ4v) is 1.62. The summed E-state index contributed by atoms with van der Waals surface area (Å²) in [4.78, 5) is 29.2. The van der Waals surface area contributed by atoms with E-state index in [2.05, 4.69) is 9.97 Å². The molecule has 1 saturated carbocycles. The number of aromatic nitrogens is 2. The average Bonchev–Trinajstić information content (AvgIpc) is 3.03. The summed E-state index contributed by atoms with van der Waals surface area (Å²) < 4.78 is 0. The molecule has 0 spiro atoms. The van der Waals surface area contributed by atoms with E-state index in [1.807, 2.05) is 0 Å². The molecule has 1 aliphatic carbocycles. The van der Waals surface area contributed by atoms with Gasteiger partial charge < -0.3 is 10.1 Å². The van der Waals surface area contributed by atoms with Crippen molar-refractivity contribution >= 4 is 5.97 Å². The maximum atomic E-state index is 11.6. The predicted octanol–water partition coefficient (Wildman–Crippen LogP) is 0.973. The molecule has 0 bridgehead atoms. The molecular weight excluding hydrogens is 208 g/mol. The van der Waals surface area contributed by atoms with Crippen LogP contribution < -0.4 is 5.56 Å². The Hall–Kier alpha value is -1.65. The third kappa shape index (κ3) is 2.29. The summed E-state index contributed by atoms with van der Waals surface area (Å²) in [5.74, 6) is 0.224. The number of carbonyl (C=O) groups is 1. The number of carboxylic acid groups (broad SMARTS) is 1. The first-order chi connectivity index (χ1) is 7.58. The molecular formula is C11H14N2O3.